The molecule has 2 heterocycles. The molecule has 1 N–H and O–H groups in total. The van der Waals surface area contributed by atoms with Crippen LogP contribution in [0.15, 0.2) is 60.0 Å². The second-order valence-corrected chi connectivity index (χ2v) is 9.03. The number of methoxy groups -OCH3 is 1. The number of hydrogen-bond acceptors (Lipinski definition) is 6. The lowest BCUT2D eigenvalue weighted by molar-refractivity contribution is -0.127. The molecule has 2 aromatic carbocycles. The molecular weight excluding hydrogens is 450 g/mol. The maximum absolute atomic E-state index is 13.9. The molecule has 1 unspecified atom stereocenters. The molecule has 0 fully saturated rings. The lowest BCUT2D eigenvalue weighted by Gasteiger charge is -2.31. The fraction of sp³-hybridized carbons (Fsp3) is 0.280. The summed E-state index contributed by atoms with van der Waals surface area (Å²) in [6.45, 7) is 4.62. The first kappa shape index (κ1) is 23.6. The minimum Gasteiger partial charge on any atom is -0.383 e. The van der Waals surface area contributed by atoms with Gasteiger partial charge in [0.05, 0.1) is 12.1 Å². The summed E-state index contributed by atoms with van der Waals surface area (Å²) >= 11 is 1.44. The van der Waals surface area contributed by atoms with Crippen LogP contribution in [0.4, 0.5) is 5.69 Å². The highest BCUT2D eigenvalue weighted by atomic mass is 32.1. The van der Waals surface area contributed by atoms with Gasteiger partial charge in [0.1, 0.15) is 18.1 Å². The first-order chi connectivity index (χ1) is 16.5. The second kappa shape index (κ2) is 10.6. The Hall–Kier alpha value is -3.56. The largest absolute Gasteiger partial charge is 0.383 e. The number of amides is 2. The molecular formula is C25H27N5O3S. The van der Waals surface area contributed by atoms with E-state index in [1.54, 1.807) is 16.7 Å². The standard InChI is InChI=1S/C25H27N5O3S/c1-17-13-18(2)15-19(14-17)30(23(31)16-29-21-8-5-4-7-20(21)27-28-29)24(22-9-6-12-34-22)25(32)26-10-11-33-3/h4-9,12-15,24H,10-11,16H2,1-3H3,(H,26,32). The highest BCUT2D eigenvalue weighted by Crippen LogP contribution is 2.32. The summed E-state index contributed by atoms with van der Waals surface area (Å²) in [6, 6.07) is 16.3. The minimum absolute atomic E-state index is 0.0548. The molecule has 0 aliphatic carbocycles. The van der Waals surface area contributed by atoms with Crippen molar-refractivity contribution in [1.82, 2.24) is 20.3 Å². The van der Waals surface area contributed by atoms with Gasteiger partial charge in [-0.05, 0) is 60.7 Å². The van der Waals surface area contributed by atoms with Crippen LogP contribution in [-0.2, 0) is 20.9 Å². The van der Waals surface area contributed by atoms with Crippen LogP contribution in [-0.4, -0.2) is 47.1 Å². The number of anilines is 1. The number of para-hydroxylation sites is 1. The molecule has 0 bridgehead atoms. The van der Waals surface area contributed by atoms with E-state index < -0.39 is 6.04 Å². The van der Waals surface area contributed by atoms with Crippen molar-refractivity contribution in [1.29, 1.82) is 0 Å². The van der Waals surface area contributed by atoms with Gasteiger partial charge in [0.25, 0.3) is 0 Å². The average molecular weight is 478 g/mol. The summed E-state index contributed by atoms with van der Waals surface area (Å²) in [5.74, 6) is -0.531. The zero-order valence-electron chi connectivity index (χ0n) is 19.4. The molecule has 8 nitrogen and oxygen atoms in total. The number of benzene rings is 2. The van der Waals surface area contributed by atoms with Crippen molar-refractivity contribution in [2.45, 2.75) is 26.4 Å². The molecule has 34 heavy (non-hydrogen) atoms. The molecule has 9 heteroatoms. The predicted molar refractivity (Wildman–Crippen MR) is 133 cm³/mol. The first-order valence-corrected chi connectivity index (χ1v) is 11.8. The normalized spacial score (nSPS) is 12.0. The molecule has 1 atom stereocenters. The van der Waals surface area contributed by atoms with Gasteiger partial charge in [0.2, 0.25) is 11.8 Å². The summed E-state index contributed by atoms with van der Waals surface area (Å²) < 4.78 is 6.66. The van der Waals surface area contributed by atoms with Gasteiger partial charge < -0.3 is 10.1 Å². The number of aromatic nitrogens is 3. The van der Waals surface area contributed by atoms with Crippen molar-refractivity contribution in [3.05, 3.63) is 76.0 Å². The van der Waals surface area contributed by atoms with Crippen LogP contribution < -0.4 is 10.2 Å². The summed E-state index contributed by atoms with van der Waals surface area (Å²) in [7, 11) is 1.58. The van der Waals surface area contributed by atoms with E-state index in [-0.39, 0.29) is 18.4 Å². The van der Waals surface area contributed by atoms with Gasteiger partial charge >= 0.3 is 0 Å². The van der Waals surface area contributed by atoms with Gasteiger partial charge in [-0.1, -0.05) is 29.5 Å². The molecule has 0 radical (unpaired) electrons. The molecule has 2 amide bonds. The van der Waals surface area contributed by atoms with E-state index in [9.17, 15) is 9.59 Å². The lowest BCUT2D eigenvalue weighted by atomic mass is 10.1. The van der Waals surface area contributed by atoms with Crippen molar-refractivity contribution < 1.29 is 14.3 Å². The monoisotopic (exact) mass is 477 g/mol. The van der Waals surface area contributed by atoms with Crippen LogP contribution in [0.1, 0.15) is 22.0 Å². The SMILES string of the molecule is COCCNC(=O)C(c1cccs1)N(C(=O)Cn1nnc2ccccc21)c1cc(C)cc(C)c1. The fourth-order valence-electron chi connectivity index (χ4n) is 3.96. The Morgan fingerprint density at radius 3 is 2.59 bits per heavy atom. The molecule has 0 aliphatic heterocycles. The Balaban J connectivity index is 1.77. The zero-order valence-corrected chi connectivity index (χ0v) is 20.2. The van der Waals surface area contributed by atoms with E-state index in [4.69, 9.17) is 4.74 Å². The van der Waals surface area contributed by atoms with Crippen LogP contribution in [0.5, 0.6) is 0 Å². The van der Waals surface area contributed by atoms with Gasteiger partial charge in [-0.15, -0.1) is 16.4 Å². The number of rotatable bonds is 9. The van der Waals surface area contributed by atoms with Crippen LogP contribution in [0.25, 0.3) is 11.0 Å². The number of hydrogen-bond donors (Lipinski definition) is 1. The van der Waals surface area contributed by atoms with Crippen LogP contribution in [0, 0.1) is 13.8 Å². The maximum atomic E-state index is 13.9. The summed E-state index contributed by atoms with van der Waals surface area (Å²) in [5.41, 5.74) is 4.13. The van der Waals surface area contributed by atoms with Crippen molar-refractivity contribution in [3.63, 3.8) is 0 Å². The number of carbonyl (C=O) groups excluding carboxylic acids is 2. The van der Waals surface area contributed by atoms with Gasteiger partial charge in [-0.3, -0.25) is 14.5 Å². The average Bonchev–Trinajstić information content (AvgIpc) is 3.47. The van der Waals surface area contributed by atoms with Crippen LogP contribution in [0.2, 0.25) is 0 Å². The maximum Gasteiger partial charge on any atom is 0.249 e. The summed E-state index contributed by atoms with van der Waals surface area (Å²) in [4.78, 5) is 29.7. The molecule has 2 aromatic heterocycles. The molecule has 0 aliphatic rings. The number of fused-ring (bicyclic) bond motifs is 1. The molecule has 4 rings (SSSR count). The first-order valence-electron chi connectivity index (χ1n) is 11.0. The number of thiophene rings is 1. The second-order valence-electron chi connectivity index (χ2n) is 8.05. The van der Waals surface area contributed by atoms with E-state index in [1.807, 2.05) is 73.8 Å². The van der Waals surface area contributed by atoms with E-state index in [2.05, 4.69) is 15.6 Å². The molecule has 4 aromatic rings. The van der Waals surface area contributed by atoms with Crippen molar-refractivity contribution in [2.75, 3.05) is 25.2 Å². The molecule has 176 valence electrons. The number of nitrogens with one attached hydrogen (secondary N) is 1. The minimum atomic E-state index is -0.833. The lowest BCUT2D eigenvalue weighted by Crippen LogP contribution is -2.45. The van der Waals surface area contributed by atoms with Crippen molar-refractivity contribution >= 4 is 39.9 Å². The molecule has 0 saturated heterocycles. The van der Waals surface area contributed by atoms with E-state index in [0.29, 0.717) is 24.4 Å². The smallest absolute Gasteiger partial charge is 0.249 e. The number of aryl methyl sites for hydroxylation is 2. The van der Waals surface area contributed by atoms with Crippen molar-refractivity contribution in [2.24, 2.45) is 0 Å². The predicted octanol–water partition coefficient (Wildman–Crippen LogP) is 3.65. The fourth-order valence-corrected chi connectivity index (χ4v) is 4.77. The summed E-state index contributed by atoms with van der Waals surface area (Å²) in [5, 5.41) is 13.2. The molecule has 0 spiro atoms. The zero-order chi connectivity index (χ0) is 24.1. The third-order valence-corrected chi connectivity index (χ3v) is 6.31. The molecule has 0 saturated carbocycles. The van der Waals surface area contributed by atoms with E-state index >= 15 is 0 Å². The highest BCUT2D eigenvalue weighted by molar-refractivity contribution is 7.10. The Morgan fingerprint density at radius 1 is 1.12 bits per heavy atom. The topological polar surface area (TPSA) is 89.4 Å². The van der Waals surface area contributed by atoms with Gasteiger partial charge in [0.15, 0.2) is 0 Å². The quantitative estimate of drug-likeness (QED) is 0.372. The Labute approximate surface area is 202 Å². The number of ether oxygens (including phenoxy) is 1. The van der Waals surface area contributed by atoms with Crippen LogP contribution >= 0.6 is 11.3 Å². The van der Waals surface area contributed by atoms with Gasteiger partial charge in [-0.25, -0.2) is 4.68 Å². The summed E-state index contributed by atoms with van der Waals surface area (Å²) in [6.07, 6.45) is 0. The van der Waals surface area contributed by atoms with Gasteiger partial charge in [0, 0.05) is 24.2 Å². The highest BCUT2D eigenvalue weighted by Gasteiger charge is 2.34. The Bertz CT molecular complexity index is 1260. The van der Waals surface area contributed by atoms with Crippen LogP contribution in [0.3, 0.4) is 0 Å². The van der Waals surface area contributed by atoms with E-state index in [0.717, 1.165) is 21.5 Å². The Kier molecular flexibility index (Phi) is 7.34. The third kappa shape index (κ3) is 5.16. The van der Waals surface area contributed by atoms with E-state index in [1.165, 1.54) is 11.3 Å². The van der Waals surface area contributed by atoms with Gasteiger partial charge in [-0.2, -0.15) is 0 Å². The third-order valence-electron chi connectivity index (χ3n) is 5.38. The number of nitrogens with zero attached hydrogens (tertiary/aromatic N) is 4. The van der Waals surface area contributed by atoms with Crippen molar-refractivity contribution in [3.8, 4) is 0 Å². The number of carbonyl (C=O) groups is 2. The Morgan fingerprint density at radius 2 is 1.88 bits per heavy atom.